The molecular formula is C10H8F3NO4. The van der Waals surface area contributed by atoms with E-state index < -0.39 is 42.5 Å². The Morgan fingerprint density at radius 1 is 1.17 bits per heavy atom. The third-order valence-electron chi connectivity index (χ3n) is 1.73. The number of halogens is 3. The zero-order valence-electron chi connectivity index (χ0n) is 8.87. The lowest BCUT2D eigenvalue weighted by Crippen LogP contribution is -2.21. The predicted octanol–water partition coefficient (Wildman–Crippen LogP) is 1.14. The Morgan fingerprint density at radius 2 is 1.72 bits per heavy atom. The molecular weight excluding hydrogens is 255 g/mol. The van der Waals surface area contributed by atoms with Crippen molar-refractivity contribution in [2.45, 2.75) is 0 Å². The molecule has 0 saturated carbocycles. The van der Waals surface area contributed by atoms with Crippen LogP contribution in [0.1, 0.15) is 0 Å². The lowest BCUT2D eigenvalue weighted by Gasteiger charge is -2.06. The van der Waals surface area contributed by atoms with Crippen LogP contribution >= 0.6 is 0 Å². The quantitative estimate of drug-likeness (QED) is 0.781. The third kappa shape index (κ3) is 4.06. The fourth-order valence-corrected chi connectivity index (χ4v) is 1.06. The summed E-state index contributed by atoms with van der Waals surface area (Å²) in [6, 6.07) is 1.18. The van der Waals surface area contributed by atoms with Crippen molar-refractivity contribution in [1.82, 2.24) is 0 Å². The van der Waals surface area contributed by atoms with E-state index in [1.807, 2.05) is 5.32 Å². The molecule has 5 nitrogen and oxygen atoms in total. The summed E-state index contributed by atoms with van der Waals surface area (Å²) in [5, 5.41) is 10.2. The van der Waals surface area contributed by atoms with E-state index in [0.717, 1.165) is 0 Å². The largest absolute Gasteiger partial charge is 0.480 e. The van der Waals surface area contributed by atoms with Crippen molar-refractivity contribution in [1.29, 1.82) is 0 Å². The lowest BCUT2D eigenvalue weighted by atomic mass is 10.3. The number of carboxylic acids is 1. The van der Waals surface area contributed by atoms with Gasteiger partial charge < -0.3 is 15.2 Å². The average molecular weight is 263 g/mol. The van der Waals surface area contributed by atoms with Gasteiger partial charge >= 0.3 is 5.97 Å². The zero-order chi connectivity index (χ0) is 13.7. The molecule has 0 aliphatic rings. The molecule has 0 radical (unpaired) electrons. The van der Waals surface area contributed by atoms with Gasteiger partial charge in [-0.1, -0.05) is 0 Å². The van der Waals surface area contributed by atoms with E-state index in [-0.39, 0.29) is 5.69 Å². The summed E-state index contributed by atoms with van der Waals surface area (Å²) >= 11 is 0. The van der Waals surface area contributed by atoms with Gasteiger partial charge in [-0.05, 0) is 0 Å². The van der Waals surface area contributed by atoms with Gasteiger partial charge in [0.2, 0.25) is 5.91 Å². The van der Waals surface area contributed by atoms with Gasteiger partial charge in [-0.15, -0.1) is 0 Å². The molecule has 1 amide bonds. The molecule has 8 heteroatoms. The second kappa shape index (κ2) is 6.01. The van der Waals surface area contributed by atoms with Crippen LogP contribution in [0.15, 0.2) is 12.1 Å². The maximum absolute atomic E-state index is 12.8. The van der Waals surface area contributed by atoms with Gasteiger partial charge in [0.05, 0.1) is 0 Å². The predicted molar refractivity (Wildman–Crippen MR) is 53.4 cm³/mol. The van der Waals surface area contributed by atoms with Crippen molar-refractivity contribution < 1.29 is 32.6 Å². The average Bonchev–Trinajstić information content (AvgIpc) is 2.25. The number of amides is 1. The Labute approximate surface area is 99.2 Å². The lowest BCUT2D eigenvalue weighted by molar-refractivity contribution is -0.143. The summed E-state index contributed by atoms with van der Waals surface area (Å²) in [6.07, 6.45) is 0. The molecule has 1 rings (SSSR count). The molecule has 1 aromatic carbocycles. The minimum absolute atomic E-state index is 0.296. The third-order valence-corrected chi connectivity index (χ3v) is 1.73. The number of nitrogens with one attached hydrogen (secondary N) is 1. The van der Waals surface area contributed by atoms with E-state index in [4.69, 9.17) is 5.11 Å². The summed E-state index contributed by atoms with van der Waals surface area (Å²) < 4.78 is 42.6. The highest BCUT2D eigenvalue weighted by Gasteiger charge is 2.12. The van der Waals surface area contributed by atoms with E-state index in [9.17, 15) is 22.8 Å². The van der Waals surface area contributed by atoms with Crippen molar-refractivity contribution >= 4 is 17.6 Å². The second-order valence-corrected chi connectivity index (χ2v) is 3.19. The van der Waals surface area contributed by atoms with Crippen molar-refractivity contribution in [2.24, 2.45) is 0 Å². The first-order chi connectivity index (χ1) is 8.40. The molecule has 0 aromatic heterocycles. The molecule has 0 saturated heterocycles. The minimum Gasteiger partial charge on any atom is -0.480 e. The van der Waals surface area contributed by atoms with E-state index in [1.165, 1.54) is 0 Å². The van der Waals surface area contributed by atoms with Crippen LogP contribution in [0.4, 0.5) is 18.9 Å². The molecule has 1 aromatic rings. The summed E-state index contributed by atoms with van der Waals surface area (Å²) in [7, 11) is 0. The van der Waals surface area contributed by atoms with E-state index in [1.54, 1.807) is 0 Å². The highest BCUT2D eigenvalue weighted by atomic mass is 19.2. The standard InChI is InChI=1S/C10H8F3NO4/c11-6-1-5(2-7(12)10(6)13)14-8(15)3-18-4-9(16)17/h1-2H,3-4H2,(H,14,15)(H,16,17). The highest BCUT2D eigenvalue weighted by Crippen LogP contribution is 2.17. The van der Waals surface area contributed by atoms with Gasteiger partial charge in [0.15, 0.2) is 17.5 Å². The minimum atomic E-state index is -1.64. The monoisotopic (exact) mass is 263 g/mol. The van der Waals surface area contributed by atoms with Gasteiger partial charge in [0, 0.05) is 17.8 Å². The van der Waals surface area contributed by atoms with Crippen LogP contribution in [-0.4, -0.2) is 30.2 Å². The topological polar surface area (TPSA) is 75.6 Å². The number of rotatable bonds is 5. The SMILES string of the molecule is O=C(O)COCC(=O)Nc1cc(F)c(F)c(F)c1. The number of anilines is 1. The molecule has 18 heavy (non-hydrogen) atoms. The van der Waals surface area contributed by atoms with Crippen molar-refractivity contribution in [3.63, 3.8) is 0 Å². The summed E-state index contributed by atoms with van der Waals surface area (Å²) in [6.45, 7) is -1.29. The van der Waals surface area contributed by atoms with Crippen molar-refractivity contribution in [3.8, 4) is 0 Å². The number of aliphatic carboxylic acids is 1. The number of carboxylic acid groups (broad SMARTS) is 1. The molecule has 0 fully saturated rings. The Bertz CT molecular complexity index is 455. The molecule has 0 atom stereocenters. The van der Waals surface area contributed by atoms with Gasteiger partial charge in [-0.3, -0.25) is 4.79 Å². The maximum atomic E-state index is 12.8. The molecule has 2 N–H and O–H groups in total. The van der Waals surface area contributed by atoms with Gasteiger partial charge in [-0.2, -0.15) is 0 Å². The van der Waals surface area contributed by atoms with E-state index in [0.29, 0.717) is 12.1 Å². The second-order valence-electron chi connectivity index (χ2n) is 3.19. The van der Waals surface area contributed by atoms with Crippen molar-refractivity contribution in [2.75, 3.05) is 18.5 Å². The van der Waals surface area contributed by atoms with Crippen LogP contribution in [0.5, 0.6) is 0 Å². The van der Waals surface area contributed by atoms with E-state index in [2.05, 4.69) is 4.74 Å². The fourth-order valence-electron chi connectivity index (χ4n) is 1.06. The van der Waals surface area contributed by atoms with Gasteiger partial charge in [0.1, 0.15) is 13.2 Å². The first-order valence-electron chi connectivity index (χ1n) is 4.64. The van der Waals surface area contributed by atoms with Crippen LogP contribution in [0.2, 0.25) is 0 Å². The molecule has 0 bridgehead atoms. The smallest absolute Gasteiger partial charge is 0.329 e. The number of hydrogen-bond donors (Lipinski definition) is 2. The van der Waals surface area contributed by atoms with Crippen LogP contribution in [0, 0.1) is 17.5 Å². The molecule has 0 unspecified atom stereocenters. The highest BCUT2D eigenvalue weighted by molar-refractivity contribution is 5.91. The Morgan fingerprint density at radius 3 is 2.22 bits per heavy atom. The zero-order valence-corrected chi connectivity index (χ0v) is 8.87. The Balaban J connectivity index is 2.57. The first kappa shape index (κ1) is 14.0. The molecule has 0 spiro atoms. The van der Waals surface area contributed by atoms with Gasteiger partial charge in [0.25, 0.3) is 0 Å². The van der Waals surface area contributed by atoms with Crippen LogP contribution in [0.3, 0.4) is 0 Å². The van der Waals surface area contributed by atoms with Crippen LogP contribution in [0.25, 0.3) is 0 Å². The Hall–Kier alpha value is -2.09. The first-order valence-corrected chi connectivity index (χ1v) is 4.64. The molecule has 0 aliphatic carbocycles. The number of carbonyl (C=O) groups is 2. The summed E-state index contributed by atoms with van der Waals surface area (Å²) in [5.74, 6) is -6.62. The van der Waals surface area contributed by atoms with Crippen LogP contribution < -0.4 is 5.32 Å². The summed E-state index contributed by atoms with van der Waals surface area (Å²) in [5.41, 5.74) is -0.296. The molecule has 0 heterocycles. The fraction of sp³-hybridized carbons (Fsp3) is 0.200. The van der Waals surface area contributed by atoms with Crippen molar-refractivity contribution in [3.05, 3.63) is 29.6 Å². The number of carbonyl (C=O) groups excluding carboxylic acids is 1. The number of ether oxygens (including phenoxy) is 1. The summed E-state index contributed by atoms with van der Waals surface area (Å²) in [4.78, 5) is 21.2. The number of hydrogen-bond acceptors (Lipinski definition) is 3. The number of benzene rings is 1. The molecule has 0 aliphatic heterocycles. The van der Waals surface area contributed by atoms with E-state index >= 15 is 0 Å². The van der Waals surface area contributed by atoms with Crippen LogP contribution in [-0.2, 0) is 14.3 Å². The Kier molecular flexibility index (Phi) is 4.67. The normalized spacial score (nSPS) is 10.2. The molecule has 98 valence electrons. The maximum Gasteiger partial charge on any atom is 0.329 e. The van der Waals surface area contributed by atoms with Gasteiger partial charge in [-0.25, -0.2) is 18.0 Å².